The fraction of sp³-hybridized carbons (Fsp3) is 0.625. The van der Waals surface area contributed by atoms with Crippen molar-refractivity contribution < 1.29 is 9.47 Å². The van der Waals surface area contributed by atoms with Crippen LogP contribution in [0.2, 0.25) is 0 Å². The zero-order valence-corrected chi connectivity index (χ0v) is 12.5. The highest BCUT2D eigenvalue weighted by molar-refractivity contribution is 5.43. The smallest absolute Gasteiger partial charge is 0.161 e. The first-order valence-corrected chi connectivity index (χ1v) is 7.46. The van der Waals surface area contributed by atoms with E-state index in [2.05, 4.69) is 11.4 Å². The molecular formula is C16H26N2O2. The molecule has 0 saturated heterocycles. The maximum absolute atomic E-state index is 5.95. The third kappa shape index (κ3) is 3.64. The van der Waals surface area contributed by atoms with Gasteiger partial charge in [-0.15, -0.1) is 0 Å². The maximum Gasteiger partial charge on any atom is 0.161 e. The summed E-state index contributed by atoms with van der Waals surface area (Å²) >= 11 is 0. The van der Waals surface area contributed by atoms with Crippen molar-refractivity contribution in [3.63, 3.8) is 0 Å². The second-order valence-electron chi connectivity index (χ2n) is 5.40. The van der Waals surface area contributed by atoms with Gasteiger partial charge in [-0.1, -0.05) is 25.3 Å². The summed E-state index contributed by atoms with van der Waals surface area (Å²) in [5, 5.41) is 3.69. The van der Waals surface area contributed by atoms with Crippen LogP contribution in [0.25, 0.3) is 0 Å². The normalized spacial score (nSPS) is 17.8. The van der Waals surface area contributed by atoms with Crippen molar-refractivity contribution in [2.24, 2.45) is 5.73 Å². The second kappa shape index (κ2) is 7.50. The minimum Gasteiger partial charge on any atom is -0.493 e. The van der Waals surface area contributed by atoms with Gasteiger partial charge < -0.3 is 20.5 Å². The van der Waals surface area contributed by atoms with Gasteiger partial charge in [0.2, 0.25) is 0 Å². The van der Waals surface area contributed by atoms with Crippen LogP contribution in [0, 0.1) is 0 Å². The van der Waals surface area contributed by atoms with E-state index in [9.17, 15) is 0 Å². The maximum atomic E-state index is 5.95. The van der Waals surface area contributed by atoms with Crippen molar-refractivity contribution in [2.75, 3.05) is 20.8 Å². The lowest BCUT2D eigenvalue weighted by Crippen LogP contribution is -2.37. The van der Waals surface area contributed by atoms with E-state index >= 15 is 0 Å². The van der Waals surface area contributed by atoms with Crippen molar-refractivity contribution in [2.45, 2.75) is 44.2 Å². The first-order valence-electron chi connectivity index (χ1n) is 7.46. The van der Waals surface area contributed by atoms with Crippen LogP contribution in [-0.4, -0.2) is 26.8 Å². The SMILES string of the molecule is COc1ccc(C(CN)NC2CCCCC2)cc1OC. The first-order chi connectivity index (χ1) is 9.78. The van der Waals surface area contributed by atoms with Gasteiger partial charge in [0.05, 0.1) is 14.2 Å². The summed E-state index contributed by atoms with van der Waals surface area (Å²) in [6, 6.07) is 6.79. The van der Waals surface area contributed by atoms with Crippen molar-refractivity contribution >= 4 is 0 Å². The van der Waals surface area contributed by atoms with Crippen molar-refractivity contribution in [3.8, 4) is 11.5 Å². The molecular weight excluding hydrogens is 252 g/mol. The molecule has 1 atom stereocenters. The van der Waals surface area contributed by atoms with E-state index in [1.807, 2.05) is 12.1 Å². The summed E-state index contributed by atoms with van der Waals surface area (Å²) in [7, 11) is 3.31. The van der Waals surface area contributed by atoms with E-state index in [0.29, 0.717) is 12.6 Å². The Balaban J connectivity index is 2.09. The lowest BCUT2D eigenvalue weighted by Gasteiger charge is -2.28. The number of hydrogen-bond acceptors (Lipinski definition) is 4. The van der Waals surface area contributed by atoms with Crippen LogP contribution >= 0.6 is 0 Å². The molecule has 4 nitrogen and oxygen atoms in total. The van der Waals surface area contributed by atoms with Crippen LogP contribution in [-0.2, 0) is 0 Å². The third-order valence-electron chi connectivity index (χ3n) is 4.09. The van der Waals surface area contributed by atoms with E-state index in [-0.39, 0.29) is 6.04 Å². The Morgan fingerprint density at radius 1 is 1.15 bits per heavy atom. The molecule has 1 aromatic carbocycles. The molecule has 4 heteroatoms. The molecule has 0 spiro atoms. The minimum atomic E-state index is 0.179. The van der Waals surface area contributed by atoms with E-state index in [4.69, 9.17) is 15.2 Å². The van der Waals surface area contributed by atoms with Crippen molar-refractivity contribution in [1.82, 2.24) is 5.32 Å². The topological polar surface area (TPSA) is 56.5 Å². The molecule has 1 aromatic rings. The largest absolute Gasteiger partial charge is 0.493 e. The lowest BCUT2D eigenvalue weighted by molar-refractivity contribution is 0.337. The molecule has 0 radical (unpaired) electrons. The molecule has 1 saturated carbocycles. The van der Waals surface area contributed by atoms with Crippen molar-refractivity contribution in [1.29, 1.82) is 0 Å². The Labute approximate surface area is 121 Å². The zero-order valence-electron chi connectivity index (χ0n) is 12.5. The number of benzene rings is 1. The summed E-state index contributed by atoms with van der Waals surface area (Å²) in [6.45, 7) is 0.589. The number of hydrogen-bond donors (Lipinski definition) is 2. The molecule has 1 fully saturated rings. The average molecular weight is 278 g/mol. The van der Waals surface area contributed by atoms with Gasteiger partial charge in [0, 0.05) is 18.6 Å². The lowest BCUT2D eigenvalue weighted by atomic mass is 9.94. The number of ether oxygens (including phenoxy) is 2. The summed E-state index contributed by atoms with van der Waals surface area (Å²) in [5.41, 5.74) is 7.11. The van der Waals surface area contributed by atoms with Gasteiger partial charge in [-0.2, -0.15) is 0 Å². The molecule has 0 aromatic heterocycles. The first kappa shape index (κ1) is 15.1. The number of rotatable bonds is 6. The van der Waals surface area contributed by atoms with Gasteiger partial charge in [-0.25, -0.2) is 0 Å². The van der Waals surface area contributed by atoms with Gasteiger partial charge in [-0.3, -0.25) is 0 Å². The Morgan fingerprint density at radius 3 is 2.45 bits per heavy atom. The van der Waals surface area contributed by atoms with Gasteiger partial charge >= 0.3 is 0 Å². The van der Waals surface area contributed by atoms with Crippen LogP contribution in [0.15, 0.2) is 18.2 Å². The van der Waals surface area contributed by atoms with E-state index in [0.717, 1.165) is 17.1 Å². The number of nitrogens with one attached hydrogen (secondary N) is 1. The Morgan fingerprint density at radius 2 is 1.85 bits per heavy atom. The van der Waals surface area contributed by atoms with Gasteiger partial charge in [0.15, 0.2) is 11.5 Å². The molecule has 1 unspecified atom stereocenters. The quantitative estimate of drug-likeness (QED) is 0.840. The van der Waals surface area contributed by atoms with Crippen LogP contribution in [0.3, 0.4) is 0 Å². The van der Waals surface area contributed by atoms with Crippen LogP contribution in [0.1, 0.15) is 43.7 Å². The molecule has 0 amide bonds. The predicted octanol–water partition coefficient (Wildman–Crippen LogP) is 2.63. The summed E-state index contributed by atoms with van der Waals surface area (Å²) in [4.78, 5) is 0. The molecule has 2 rings (SSSR count). The van der Waals surface area contributed by atoms with Gasteiger partial charge in [-0.05, 0) is 30.5 Å². The molecule has 1 aliphatic carbocycles. The van der Waals surface area contributed by atoms with Crippen LogP contribution < -0.4 is 20.5 Å². The molecule has 112 valence electrons. The average Bonchev–Trinajstić information content (AvgIpc) is 2.53. The second-order valence-corrected chi connectivity index (χ2v) is 5.40. The molecule has 1 aliphatic rings. The van der Waals surface area contributed by atoms with E-state index in [1.165, 1.54) is 32.1 Å². The zero-order chi connectivity index (χ0) is 14.4. The number of methoxy groups -OCH3 is 2. The Hall–Kier alpha value is -1.26. The minimum absolute atomic E-state index is 0.179. The highest BCUT2D eigenvalue weighted by Crippen LogP contribution is 2.30. The van der Waals surface area contributed by atoms with Crippen LogP contribution in [0.5, 0.6) is 11.5 Å². The fourth-order valence-electron chi connectivity index (χ4n) is 2.92. The van der Waals surface area contributed by atoms with Crippen LogP contribution in [0.4, 0.5) is 0 Å². The van der Waals surface area contributed by atoms with Gasteiger partial charge in [0.25, 0.3) is 0 Å². The fourth-order valence-corrected chi connectivity index (χ4v) is 2.92. The molecule has 3 N–H and O–H groups in total. The Bertz CT molecular complexity index is 417. The monoisotopic (exact) mass is 278 g/mol. The van der Waals surface area contributed by atoms with E-state index in [1.54, 1.807) is 14.2 Å². The molecule has 0 aliphatic heterocycles. The summed E-state index contributed by atoms with van der Waals surface area (Å²) in [6.07, 6.45) is 6.51. The van der Waals surface area contributed by atoms with Crippen molar-refractivity contribution in [3.05, 3.63) is 23.8 Å². The molecule has 0 heterocycles. The third-order valence-corrected chi connectivity index (χ3v) is 4.09. The highest BCUT2D eigenvalue weighted by Gasteiger charge is 2.19. The Kier molecular flexibility index (Phi) is 5.68. The summed E-state index contributed by atoms with van der Waals surface area (Å²) < 4.78 is 10.6. The van der Waals surface area contributed by atoms with Gasteiger partial charge in [0.1, 0.15) is 0 Å². The standard InChI is InChI=1S/C16H26N2O2/c1-19-15-9-8-12(10-16(15)20-2)14(11-17)18-13-6-4-3-5-7-13/h8-10,13-14,18H,3-7,11,17H2,1-2H3. The number of nitrogens with two attached hydrogens (primary N) is 1. The highest BCUT2D eigenvalue weighted by atomic mass is 16.5. The molecule has 20 heavy (non-hydrogen) atoms. The summed E-state index contributed by atoms with van der Waals surface area (Å²) in [5.74, 6) is 1.51. The predicted molar refractivity (Wildman–Crippen MR) is 81.4 cm³/mol. The molecule has 0 bridgehead atoms. The van der Waals surface area contributed by atoms with E-state index < -0.39 is 0 Å².